The molecule has 0 bridgehead atoms. The molecule has 1 aromatic carbocycles. The van der Waals surface area contributed by atoms with Crippen molar-refractivity contribution >= 4 is 17.0 Å². The molecule has 0 aliphatic rings. The molecule has 0 saturated heterocycles. The van der Waals surface area contributed by atoms with Crippen LogP contribution in [0.2, 0.25) is 0 Å². The Morgan fingerprint density at radius 2 is 2.20 bits per heavy atom. The topological polar surface area (TPSA) is 24.9 Å². The van der Waals surface area contributed by atoms with Crippen molar-refractivity contribution in [3.8, 4) is 0 Å². The fourth-order valence-electron chi connectivity index (χ4n) is 1.49. The molecule has 1 N–H and O–H groups in total. The Bertz CT molecular complexity index is 475. The Labute approximate surface area is 89.7 Å². The number of aromatic nitrogens is 1. The summed E-state index contributed by atoms with van der Waals surface area (Å²) in [7, 11) is 1.93. The molecule has 0 aliphatic heterocycles. The average molecular weight is 198 g/mol. The predicted octanol–water partition coefficient (Wildman–Crippen LogP) is 2.47. The Balaban J connectivity index is 2.30. The molecule has 2 aromatic rings. The van der Waals surface area contributed by atoms with Crippen LogP contribution < -0.4 is 5.32 Å². The highest BCUT2D eigenvalue weighted by atomic mass is 14.8. The first-order valence-corrected chi connectivity index (χ1v) is 5.06. The maximum absolute atomic E-state index is 4.39. The summed E-state index contributed by atoms with van der Waals surface area (Å²) in [4.78, 5) is 4.39. The highest BCUT2D eigenvalue weighted by Crippen LogP contribution is 2.13. The van der Waals surface area contributed by atoms with E-state index in [0.29, 0.717) is 0 Å². The van der Waals surface area contributed by atoms with Gasteiger partial charge in [0.1, 0.15) is 0 Å². The van der Waals surface area contributed by atoms with Gasteiger partial charge in [0.25, 0.3) is 0 Å². The number of nitrogens with zero attached hydrogens (tertiary/aromatic N) is 1. The summed E-state index contributed by atoms with van der Waals surface area (Å²) < 4.78 is 0. The zero-order valence-corrected chi connectivity index (χ0v) is 8.77. The molecule has 1 aromatic heterocycles. The molecular formula is C13H14N2. The summed E-state index contributed by atoms with van der Waals surface area (Å²) in [5.74, 6) is 0. The van der Waals surface area contributed by atoms with E-state index in [0.717, 1.165) is 17.6 Å². The molecule has 0 saturated carbocycles. The summed E-state index contributed by atoms with van der Waals surface area (Å²) >= 11 is 0. The first-order chi connectivity index (χ1) is 7.40. The molecule has 1 heterocycles. The SMILES string of the molecule is CNCC=Cc1cnc2ccccc2c1. The van der Waals surface area contributed by atoms with E-state index >= 15 is 0 Å². The highest BCUT2D eigenvalue weighted by molar-refractivity contribution is 5.80. The average Bonchev–Trinajstić information content (AvgIpc) is 2.29. The number of nitrogens with one attached hydrogen (secondary N) is 1. The third-order valence-electron chi connectivity index (χ3n) is 2.24. The standard InChI is InChI=1S/C13H14N2/c1-14-8-4-5-11-9-12-6-2-3-7-13(12)15-10-11/h2-7,9-10,14H,8H2,1H3. The molecule has 0 radical (unpaired) electrons. The van der Waals surface area contributed by atoms with Crippen LogP contribution in [-0.2, 0) is 0 Å². The Morgan fingerprint density at radius 3 is 3.07 bits per heavy atom. The summed E-state index contributed by atoms with van der Waals surface area (Å²) in [6.07, 6.45) is 6.07. The number of fused-ring (bicyclic) bond motifs is 1. The van der Waals surface area contributed by atoms with Crippen LogP contribution in [-0.4, -0.2) is 18.6 Å². The molecule has 2 rings (SSSR count). The van der Waals surface area contributed by atoms with Crippen molar-refractivity contribution in [2.75, 3.05) is 13.6 Å². The lowest BCUT2D eigenvalue weighted by Crippen LogP contribution is -2.03. The Hall–Kier alpha value is -1.67. The number of likely N-dealkylation sites (N-methyl/N-ethyl adjacent to an activating group) is 1. The molecule has 76 valence electrons. The van der Waals surface area contributed by atoms with Gasteiger partial charge in [-0.1, -0.05) is 30.4 Å². The highest BCUT2D eigenvalue weighted by Gasteiger charge is 1.93. The van der Waals surface area contributed by atoms with Gasteiger partial charge in [0.2, 0.25) is 0 Å². The first kappa shape index (κ1) is 9.87. The molecule has 2 nitrogen and oxygen atoms in total. The van der Waals surface area contributed by atoms with E-state index in [2.05, 4.69) is 34.6 Å². The van der Waals surface area contributed by atoms with Crippen LogP contribution in [0.25, 0.3) is 17.0 Å². The molecule has 0 unspecified atom stereocenters. The van der Waals surface area contributed by atoms with Crippen LogP contribution in [0.15, 0.2) is 42.6 Å². The minimum atomic E-state index is 0.882. The van der Waals surface area contributed by atoms with Gasteiger partial charge in [-0.3, -0.25) is 4.98 Å². The zero-order valence-electron chi connectivity index (χ0n) is 8.77. The number of hydrogen-bond donors (Lipinski definition) is 1. The van der Waals surface area contributed by atoms with Gasteiger partial charge in [0.15, 0.2) is 0 Å². The van der Waals surface area contributed by atoms with Crippen LogP contribution in [0.1, 0.15) is 5.56 Å². The summed E-state index contributed by atoms with van der Waals surface area (Å²) in [6, 6.07) is 10.3. The van der Waals surface area contributed by atoms with Gasteiger partial charge in [-0.15, -0.1) is 0 Å². The van der Waals surface area contributed by atoms with E-state index in [9.17, 15) is 0 Å². The minimum absolute atomic E-state index is 0.882. The molecule has 0 atom stereocenters. The summed E-state index contributed by atoms with van der Waals surface area (Å²) in [5, 5.41) is 4.25. The lowest BCUT2D eigenvalue weighted by Gasteiger charge is -1.98. The smallest absolute Gasteiger partial charge is 0.0702 e. The van der Waals surface area contributed by atoms with Crippen molar-refractivity contribution in [2.24, 2.45) is 0 Å². The summed E-state index contributed by atoms with van der Waals surface area (Å²) in [5.41, 5.74) is 2.19. The zero-order chi connectivity index (χ0) is 10.5. The fourth-order valence-corrected chi connectivity index (χ4v) is 1.49. The van der Waals surface area contributed by atoms with E-state index in [1.807, 2.05) is 31.4 Å². The van der Waals surface area contributed by atoms with Crippen molar-refractivity contribution in [3.63, 3.8) is 0 Å². The van der Waals surface area contributed by atoms with Gasteiger partial charge < -0.3 is 5.32 Å². The van der Waals surface area contributed by atoms with Crippen molar-refractivity contribution in [3.05, 3.63) is 48.2 Å². The number of pyridine rings is 1. The van der Waals surface area contributed by atoms with Crippen molar-refractivity contribution in [1.82, 2.24) is 10.3 Å². The van der Waals surface area contributed by atoms with Crippen LogP contribution in [0.3, 0.4) is 0 Å². The molecular weight excluding hydrogens is 184 g/mol. The van der Waals surface area contributed by atoms with Crippen molar-refractivity contribution in [1.29, 1.82) is 0 Å². The normalized spacial score (nSPS) is 11.3. The van der Waals surface area contributed by atoms with Gasteiger partial charge in [0.05, 0.1) is 5.52 Å². The van der Waals surface area contributed by atoms with Gasteiger partial charge >= 0.3 is 0 Å². The van der Waals surface area contributed by atoms with E-state index in [-0.39, 0.29) is 0 Å². The molecule has 0 amide bonds. The molecule has 0 aliphatic carbocycles. The van der Waals surface area contributed by atoms with Crippen LogP contribution in [0, 0.1) is 0 Å². The predicted molar refractivity (Wildman–Crippen MR) is 64.7 cm³/mol. The molecule has 2 heteroatoms. The Kier molecular flexibility index (Phi) is 3.10. The number of rotatable bonds is 3. The second kappa shape index (κ2) is 4.71. The summed E-state index contributed by atoms with van der Waals surface area (Å²) in [6.45, 7) is 0.882. The van der Waals surface area contributed by atoms with Crippen LogP contribution in [0.4, 0.5) is 0 Å². The van der Waals surface area contributed by atoms with E-state index in [1.54, 1.807) is 0 Å². The third kappa shape index (κ3) is 2.42. The third-order valence-corrected chi connectivity index (χ3v) is 2.24. The fraction of sp³-hybridized carbons (Fsp3) is 0.154. The number of para-hydroxylation sites is 1. The van der Waals surface area contributed by atoms with Crippen LogP contribution >= 0.6 is 0 Å². The second-order valence-electron chi connectivity index (χ2n) is 3.42. The number of benzene rings is 1. The largest absolute Gasteiger partial charge is 0.316 e. The van der Waals surface area contributed by atoms with E-state index in [1.165, 1.54) is 5.39 Å². The molecule has 15 heavy (non-hydrogen) atoms. The quantitative estimate of drug-likeness (QED) is 0.819. The van der Waals surface area contributed by atoms with Gasteiger partial charge in [-0.05, 0) is 24.7 Å². The second-order valence-corrected chi connectivity index (χ2v) is 3.42. The lowest BCUT2D eigenvalue weighted by molar-refractivity contribution is 0.922. The monoisotopic (exact) mass is 198 g/mol. The van der Waals surface area contributed by atoms with E-state index < -0.39 is 0 Å². The molecule has 0 spiro atoms. The van der Waals surface area contributed by atoms with Gasteiger partial charge in [-0.2, -0.15) is 0 Å². The first-order valence-electron chi connectivity index (χ1n) is 5.06. The Morgan fingerprint density at radius 1 is 1.33 bits per heavy atom. The van der Waals surface area contributed by atoms with E-state index in [4.69, 9.17) is 0 Å². The van der Waals surface area contributed by atoms with Crippen LogP contribution in [0.5, 0.6) is 0 Å². The van der Waals surface area contributed by atoms with Crippen molar-refractivity contribution in [2.45, 2.75) is 0 Å². The molecule has 0 fully saturated rings. The maximum Gasteiger partial charge on any atom is 0.0702 e. The van der Waals surface area contributed by atoms with Gasteiger partial charge in [-0.25, -0.2) is 0 Å². The lowest BCUT2D eigenvalue weighted by atomic mass is 10.1. The maximum atomic E-state index is 4.39. The van der Waals surface area contributed by atoms with Crippen molar-refractivity contribution < 1.29 is 0 Å². The van der Waals surface area contributed by atoms with Gasteiger partial charge in [0, 0.05) is 18.1 Å². The minimum Gasteiger partial charge on any atom is -0.316 e. The number of hydrogen-bond acceptors (Lipinski definition) is 2.